The van der Waals surface area contributed by atoms with Crippen molar-refractivity contribution in [3.05, 3.63) is 24.3 Å². The molecule has 1 aromatic carbocycles. The maximum absolute atomic E-state index is 8.48. The predicted molar refractivity (Wildman–Crippen MR) is 59.6 cm³/mol. The highest BCUT2D eigenvalue weighted by Crippen LogP contribution is 2.30. The molecule has 1 heterocycles. The minimum atomic E-state index is -0.125. The lowest BCUT2D eigenvalue weighted by Crippen LogP contribution is -2.37. The predicted octanol–water partition coefficient (Wildman–Crippen LogP) is 2.08. The van der Waals surface area contributed by atoms with Crippen LogP contribution in [0.2, 0.25) is 0 Å². The van der Waals surface area contributed by atoms with E-state index in [1.165, 1.54) is 0 Å². The fourth-order valence-electron chi connectivity index (χ4n) is 1.27. The molecule has 0 fully saturated rings. The molecule has 0 aliphatic carbocycles. The lowest BCUT2D eigenvalue weighted by Gasteiger charge is -2.25. The second-order valence-corrected chi connectivity index (χ2v) is 2.86. The normalized spacial score (nSPS) is 17.7. The Morgan fingerprint density at radius 3 is 2.73 bits per heavy atom. The molecule has 15 heavy (non-hydrogen) atoms. The van der Waals surface area contributed by atoms with Gasteiger partial charge in [-0.1, -0.05) is 26.0 Å². The van der Waals surface area contributed by atoms with Crippen LogP contribution >= 0.6 is 0 Å². The van der Waals surface area contributed by atoms with Gasteiger partial charge in [0, 0.05) is 1.43 Å². The Labute approximate surface area is 91.3 Å². The van der Waals surface area contributed by atoms with Crippen molar-refractivity contribution in [2.45, 2.75) is 20.0 Å². The van der Waals surface area contributed by atoms with Crippen molar-refractivity contribution in [1.29, 1.82) is 0 Å². The molecule has 0 aromatic heterocycles. The summed E-state index contributed by atoms with van der Waals surface area (Å²) in [4.78, 5) is 0. The fourth-order valence-corrected chi connectivity index (χ4v) is 1.27. The lowest BCUT2D eigenvalue weighted by atomic mass is 10.2. The van der Waals surface area contributed by atoms with Gasteiger partial charge >= 0.3 is 0 Å². The molecule has 0 spiro atoms. The number of rotatable bonds is 2. The first kappa shape index (κ1) is 11.8. The third kappa shape index (κ3) is 3.11. The van der Waals surface area contributed by atoms with Gasteiger partial charge in [-0.25, -0.2) is 5.48 Å². The van der Waals surface area contributed by atoms with Gasteiger partial charge in [0.2, 0.25) is 0 Å². The van der Waals surface area contributed by atoms with Gasteiger partial charge in [0.05, 0.1) is 6.54 Å². The summed E-state index contributed by atoms with van der Waals surface area (Å²) in [6.07, 6.45) is -0.125. The molecule has 1 aliphatic rings. The van der Waals surface area contributed by atoms with Crippen LogP contribution in [-0.4, -0.2) is 24.5 Å². The molecule has 1 atom stereocenters. The van der Waals surface area contributed by atoms with Crippen molar-refractivity contribution in [3.8, 4) is 11.5 Å². The van der Waals surface area contributed by atoms with Crippen molar-refractivity contribution in [2.75, 3.05) is 13.2 Å². The van der Waals surface area contributed by atoms with E-state index in [1.54, 1.807) is 0 Å². The Balaban J connectivity index is 0.000000711. The highest BCUT2D eigenvalue weighted by molar-refractivity contribution is 5.40. The molecule has 4 heteroatoms. The van der Waals surface area contributed by atoms with Crippen molar-refractivity contribution in [2.24, 2.45) is 0 Å². The minimum absolute atomic E-state index is 0. The largest absolute Gasteiger partial charge is 0.486 e. The first-order valence-electron chi connectivity index (χ1n) is 5.15. The standard InChI is InChI=1S/C9H11NO3.C2H6.H2/c11-10-5-7-6-12-8-3-1-2-4-9(8)13-7;1-2;/h1-4,7,10-11H,5-6H2;1-2H3;1H. The molecule has 86 valence electrons. The molecule has 0 amide bonds. The molecular formula is C11H19NO3. The van der Waals surface area contributed by atoms with Crippen LogP contribution in [0.25, 0.3) is 0 Å². The highest BCUT2D eigenvalue weighted by atomic mass is 16.6. The van der Waals surface area contributed by atoms with Crippen molar-refractivity contribution in [1.82, 2.24) is 5.48 Å². The highest BCUT2D eigenvalue weighted by Gasteiger charge is 2.19. The van der Waals surface area contributed by atoms with E-state index in [-0.39, 0.29) is 7.53 Å². The van der Waals surface area contributed by atoms with Crippen LogP contribution in [-0.2, 0) is 0 Å². The summed E-state index contributed by atoms with van der Waals surface area (Å²) in [5.74, 6) is 1.49. The van der Waals surface area contributed by atoms with Gasteiger partial charge in [-0.2, -0.15) is 0 Å². The van der Waals surface area contributed by atoms with Crippen molar-refractivity contribution in [3.63, 3.8) is 0 Å². The smallest absolute Gasteiger partial charge is 0.161 e. The second kappa shape index (κ2) is 6.27. The first-order chi connectivity index (χ1) is 7.40. The van der Waals surface area contributed by atoms with Gasteiger partial charge in [-0.05, 0) is 12.1 Å². The molecule has 0 saturated carbocycles. The Morgan fingerprint density at radius 1 is 1.40 bits per heavy atom. The maximum Gasteiger partial charge on any atom is 0.161 e. The zero-order chi connectivity index (χ0) is 11.1. The SMILES string of the molecule is CC.ONCC1COc2ccccc2O1.[HH]. The second-order valence-electron chi connectivity index (χ2n) is 2.86. The van der Waals surface area contributed by atoms with Crippen LogP contribution in [0.3, 0.4) is 0 Å². The van der Waals surface area contributed by atoms with Crippen LogP contribution in [0.15, 0.2) is 24.3 Å². The first-order valence-corrected chi connectivity index (χ1v) is 5.15. The number of hydrogen-bond donors (Lipinski definition) is 2. The number of fused-ring (bicyclic) bond motifs is 1. The Morgan fingerprint density at radius 2 is 2.07 bits per heavy atom. The summed E-state index contributed by atoms with van der Waals surface area (Å²) in [6, 6.07) is 7.49. The Bertz CT molecular complexity index is 296. The monoisotopic (exact) mass is 213 g/mol. The van der Waals surface area contributed by atoms with Crippen molar-refractivity contribution >= 4 is 0 Å². The number of hydrogen-bond acceptors (Lipinski definition) is 4. The Hall–Kier alpha value is -1.26. The summed E-state index contributed by atoms with van der Waals surface area (Å²) in [7, 11) is 0. The number of para-hydroxylation sites is 2. The quantitative estimate of drug-likeness (QED) is 0.738. The average molecular weight is 213 g/mol. The summed E-state index contributed by atoms with van der Waals surface area (Å²) < 4.78 is 10.9. The van der Waals surface area contributed by atoms with Crippen LogP contribution in [0, 0.1) is 0 Å². The van der Waals surface area contributed by atoms with E-state index in [4.69, 9.17) is 14.7 Å². The molecule has 0 saturated heterocycles. The third-order valence-corrected chi connectivity index (χ3v) is 1.89. The number of nitrogens with one attached hydrogen (secondary N) is 1. The molecule has 4 nitrogen and oxygen atoms in total. The van der Waals surface area contributed by atoms with E-state index < -0.39 is 0 Å². The van der Waals surface area contributed by atoms with E-state index in [0.29, 0.717) is 13.2 Å². The molecule has 2 N–H and O–H groups in total. The molecule has 1 aromatic rings. The summed E-state index contributed by atoms with van der Waals surface area (Å²) in [5, 5.41) is 8.48. The fraction of sp³-hybridized carbons (Fsp3) is 0.455. The number of hydroxylamine groups is 1. The van der Waals surface area contributed by atoms with Crippen LogP contribution < -0.4 is 15.0 Å². The summed E-state index contributed by atoms with van der Waals surface area (Å²) in [6.45, 7) is 4.83. The van der Waals surface area contributed by atoms with Gasteiger partial charge in [-0.3, -0.25) is 0 Å². The molecule has 1 unspecified atom stereocenters. The van der Waals surface area contributed by atoms with Crippen molar-refractivity contribution < 1.29 is 16.1 Å². The Kier molecular flexibility index (Phi) is 4.93. The van der Waals surface area contributed by atoms with Gasteiger partial charge in [0.25, 0.3) is 0 Å². The average Bonchev–Trinajstić information content (AvgIpc) is 2.32. The zero-order valence-corrected chi connectivity index (χ0v) is 9.06. The topological polar surface area (TPSA) is 50.7 Å². The minimum Gasteiger partial charge on any atom is -0.486 e. The van der Waals surface area contributed by atoms with Crippen LogP contribution in [0.1, 0.15) is 15.3 Å². The van der Waals surface area contributed by atoms with Gasteiger partial charge in [0.15, 0.2) is 11.5 Å². The van der Waals surface area contributed by atoms with E-state index in [2.05, 4.69) is 5.48 Å². The summed E-state index contributed by atoms with van der Waals surface area (Å²) >= 11 is 0. The molecular weight excluding hydrogens is 194 g/mol. The molecule has 1 aliphatic heterocycles. The van der Waals surface area contributed by atoms with E-state index in [1.807, 2.05) is 38.1 Å². The molecule has 0 radical (unpaired) electrons. The molecule has 0 bridgehead atoms. The maximum atomic E-state index is 8.48. The van der Waals surface area contributed by atoms with Gasteiger partial charge in [0.1, 0.15) is 12.7 Å². The van der Waals surface area contributed by atoms with Gasteiger partial charge < -0.3 is 14.7 Å². The molecule has 2 rings (SSSR count). The van der Waals surface area contributed by atoms with E-state index in [9.17, 15) is 0 Å². The summed E-state index contributed by atoms with van der Waals surface area (Å²) in [5.41, 5.74) is 2.06. The van der Waals surface area contributed by atoms with Crippen LogP contribution in [0.4, 0.5) is 0 Å². The van der Waals surface area contributed by atoms with E-state index >= 15 is 0 Å². The van der Waals surface area contributed by atoms with Gasteiger partial charge in [-0.15, -0.1) is 0 Å². The number of benzene rings is 1. The van der Waals surface area contributed by atoms with E-state index in [0.717, 1.165) is 11.5 Å². The zero-order valence-electron chi connectivity index (χ0n) is 9.06. The third-order valence-electron chi connectivity index (χ3n) is 1.89. The van der Waals surface area contributed by atoms with Crippen LogP contribution in [0.5, 0.6) is 11.5 Å². The number of ether oxygens (including phenoxy) is 2. The lowest BCUT2D eigenvalue weighted by molar-refractivity contribution is 0.0527.